The van der Waals surface area contributed by atoms with Crippen LogP contribution in [0.5, 0.6) is 11.5 Å². The van der Waals surface area contributed by atoms with Gasteiger partial charge in [-0.25, -0.2) is 0 Å². The van der Waals surface area contributed by atoms with Gasteiger partial charge in [0.25, 0.3) is 0 Å². The van der Waals surface area contributed by atoms with Gasteiger partial charge < -0.3 is 19.5 Å². The Labute approximate surface area is 127 Å². The van der Waals surface area contributed by atoms with Crippen molar-refractivity contribution < 1.29 is 14.2 Å². The van der Waals surface area contributed by atoms with Crippen molar-refractivity contribution in [2.24, 2.45) is 5.92 Å². The number of rotatable bonds is 6. The third kappa shape index (κ3) is 5.19. The summed E-state index contributed by atoms with van der Waals surface area (Å²) >= 11 is 0. The molecular weight excluding hydrogens is 278 g/mol. The van der Waals surface area contributed by atoms with Gasteiger partial charge in [-0.05, 0) is 49.5 Å². The fourth-order valence-electron chi connectivity index (χ4n) is 2.34. The molecule has 0 unspecified atom stereocenters. The van der Waals surface area contributed by atoms with Crippen LogP contribution in [0, 0.1) is 5.92 Å². The molecule has 0 spiro atoms. The number of ether oxygens (including phenoxy) is 3. The zero-order chi connectivity index (χ0) is 13.5. The van der Waals surface area contributed by atoms with E-state index in [1.54, 1.807) is 14.2 Å². The van der Waals surface area contributed by atoms with E-state index in [1.165, 1.54) is 12.8 Å². The number of halogens is 1. The molecule has 20 heavy (non-hydrogen) atoms. The van der Waals surface area contributed by atoms with Crippen LogP contribution < -0.4 is 14.8 Å². The molecule has 0 amide bonds. The van der Waals surface area contributed by atoms with Gasteiger partial charge in [0.15, 0.2) is 0 Å². The number of piperidine rings is 1. The summed E-state index contributed by atoms with van der Waals surface area (Å²) in [5.74, 6) is 2.30. The lowest BCUT2D eigenvalue weighted by Gasteiger charge is -2.22. The number of hydrogen-bond donors (Lipinski definition) is 1. The Hall–Kier alpha value is -0.970. The monoisotopic (exact) mass is 301 g/mol. The molecule has 1 fully saturated rings. The lowest BCUT2D eigenvalue weighted by Crippen LogP contribution is -2.29. The second kappa shape index (κ2) is 9.06. The molecule has 114 valence electrons. The zero-order valence-corrected chi connectivity index (χ0v) is 13.0. The highest BCUT2D eigenvalue weighted by atomic mass is 35.5. The average Bonchev–Trinajstić information content (AvgIpc) is 2.48. The smallest absolute Gasteiger partial charge is 0.122 e. The van der Waals surface area contributed by atoms with Gasteiger partial charge in [0.1, 0.15) is 11.5 Å². The Morgan fingerprint density at radius 3 is 2.20 bits per heavy atom. The van der Waals surface area contributed by atoms with Gasteiger partial charge in [0, 0.05) is 12.7 Å². The predicted molar refractivity (Wildman–Crippen MR) is 82.0 cm³/mol. The maximum absolute atomic E-state index is 5.82. The molecule has 1 aliphatic rings. The summed E-state index contributed by atoms with van der Waals surface area (Å²) in [6, 6.07) is 5.85. The van der Waals surface area contributed by atoms with Crippen LogP contribution in [-0.2, 0) is 11.3 Å². The topological polar surface area (TPSA) is 39.7 Å². The highest BCUT2D eigenvalue weighted by molar-refractivity contribution is 5.85. The SMILES string of the molecule is COc1cc(COCC2CCNCC2)cc(OC)c1.Cl. The van der Waals surface area contributed by atoms with Crippen LogP contribution in [0.1, 0.15) is 18.4 Å². The van der Waals surface area contributed by atoms with E-state index in [0.29, 0.717) is 12.5 Å². The van der Waals surface area contributed by atoms with Crippen molar-refractivity contribution >= 4 is 12.4 Å². The Kier molecular flexibility index (Phi) is 7.73. The largest absolute Gasteiger partial charge is 0.497 e. The van der Waals surface area contributed by atoms with E-state index >= 15 is 0 Å². The molecule has 5 heteroatoms. The summed E-state index contributed by atoms with van der Waals surface area (Å²) in [7, 11) is 3.32. The van der Waals surface area contributed by atoms with Crippen molar-refractivity contribution in [1.29, 1.82) is 0 Å². The second-order valence-electron chi connectivity index (χ2n) is 4.93. The molecule has 0 atom stereocenters. The van der Waals surface area contributed by atoms with E-state index in [4.69, 9.17) is 14.2 Å². The minimum atomic E-state index is 0. The van der Waals surface area contributed by atoms with Crippen molar-refractivity contribution in [2.45, 2.75) is 19.4 Å². The summed E-state index contributed by atoms with van der Waals surface area (Å²) in [5, 5.41) is 3.36. The second-order valence-corrected chi connectivity index (χ2v) is 4.93. The molecule has 0 aliphatic carbocycles. The molecule has 0 radical (unpaired) electrons. The van der Waals surface area contributed by atoms with Gasteiger partial charge in [-0.1, -0.05) is 0 Å². The van der Waals surface area contributed by atoms with Crippen LogP contribution >= 0.6 is 12.4 Å². The zero-order valence-electron chi connectivity index (χ0n) is 12.2. The van der Waals surface area contributed by atoms with E-state index in [9.17, 15) is 0 Å². The van der Waals surface area contributed by atoms with E-state index < -0.39 is 0 Å². The molecule has 0 bridgehead atoms. The maximum atomic E-state index is 5.82. The predicted octanol–water partition coefficient (Wildman–Crippen LogP) is 2.64. The first-order valence-corrected chi connectivity index (χ1v) is 6.82. The van der Waals surface area contributed by atoms with Crippen LogP contribution in [-0.4, -0.2) is 33.9 Å². The molecule has 1 aromatic carbocycles. The third-order valence-corrected chi connectivity index (χ3v) is 3.49. The van der Waals surface area contributed by atoms with Gasteiger partial charge in [-0.15, -0.1) is 12.4 Å². The molecule has 0 aromatic heterocycles. The molecular formula is C15H24ClNO3. The number of hydrogen-bond acceptors (Lipinski definition) is 4. The van der Waals surface area contributed by atoms with Crippen LogP contribution in [0.25, 0.3) is 0 Å². The molecule has 1 N–H and O–H groups in total. The van der Waals surface area contributed by atoms with E-state index in [0.717, 1.165) is 36.8 Å². The van der Waals surface area contributed by atoms with Gasteiger partial charge in [0.05, 0.1) is 20.8 Å². The Balaban J connectivity index is 0.00000200. The van der Waals surface area contributed by atoms with Gasteiger partial charge >= 0.3 is 0 Å². The van der Waals surface area contributed by atoms with Crippen LogP contribution in [0.15, 0.2) is 18.2 Å². The van der Waals surface area contributed by atoms with Crippen molar-refractivity contribution in [3.8, 4) is 11.5 Å². The van der Waals surface area contributed by atoms with Crippen molar-refractivity contribution in [1.82, 2.24) is 5.32 Å². The summed E-state index contributed by atoms with van der Waals surface area (Å²) in [5.41, 5.74) is 1.09. The molecule has 1 heterocycles. The van der Waals surface area contributed by atoms with E-state index in [-0.39, 0.29) is 12.4 Å². The first-order chi connectivity index (χ1) is 9.31. The average molecular weight is 302 g/mol. The Morgan fingerprint density at radius 2 is 1.65 bits per heavy atom. The summed E-state index contributed by atoms with van der Waals surface area (Å²) in [6.07, 6.45) is 2.42. The minimum Gasteiger partial charge on any atom is -0.497 e. The maximum Gasteiger partial charge on any atom is 0.122 e. The van der Waals surface area contributed by atoms with Gasteiger partial charge in [-0.2, -0.15) is 0 Å². The summed E-state index contributed by atoms with van der Waals surface area (Å²) in [4.78, 5) is 0. The lowest BCUT2D eigenvalue weighted by atomic mass is 9.99. The lowest BCUT2D eigenvalue weighted by molar-refractivity contribution is 0.0761. The third-order valence-electron chi connectivity index (χ3n) is 3.49. The quantitative estimate of drug-likeness (QED) is 0.877. The fraction of sp³-hybridized carbons (Fsp3) is 0.600. The van der Waals surface area contributed by atoms with Crippen LogP contribution in [0.3, 0.4) is 0 Å². The van der Waals surface area contributed by atoms with Crippen LogP contribution in [0.4, 0.5) is 0 Å². The Bertz CT molecular complexity index is 372. The standard InChI is InChI=1S/C15H23NO3.ClH/c1-17-14-7-13(8-15(9-14)18-2)11-19-10-12-3-5-16-6-4-12;/h7-9,12,16H,3-6,10-11H2,1-2H3;1H. The summed E-state index contributed by atoms with van der Waals surface area (Å²) < 4.78 is 16.3. The minimum absolute atomic E-state index is 0. The van der Waals surface area contributed by atoms with Crippen molar-refractivity contribution in [3.63, 3.8) is 0 Å². The van der Waals surface area contributed by atoms with Crippen molar-refractivity contribution in [3.05, 3.63) is 23.8 Å². The molecule has 4 nitrogen and oxygen atoms in total. The first-order valence-electron chi connectivity index (χ1n) is 6.82. The highest BCUT2D eigenvalue weighted by Gasteiger charge is 2.13. The van der Waals surface area contributed by atoms with E-state index in [2.05, 4.69) is 5.32 Å². The summed E-state index contributed by atoms with van der Waals surface area (Å²) in [6.45, 7) is 3.67. The molecule has 0 saturated carbocycles. The Morgan fingerprint density at radius 1 is 1.05 bits per heavy atom. The van der Waals surface area contributed by atoms with Gasteiger partial charge in [-0.3, -0.25) is 0 Å². The molecule has 1 saturated heterocycles. The fourth-order valence-corrected chi connectivity index (χ4v) is 2.34. The molecule has 1 aromatic rings. The number of benzene rings is 1. The molecule has 1 aliphatic heterocycles. The van der Waals surface area contributed by atoms with Gasteiger partial charge in [0.2, 0.25) is 0 Å². The normalized spacial score (nSPS) is 15.5. The first kappa shape index (κ1) is 17.1. The number of methoxy groups -OCH3 is 2. The number of nitrogens with one attached hydrogen (secondary N) is 1. The van der Waals surface area contributed by atoms with E-state index in [1.807, 2.05) is 18.2 Å². The van der Waals surface area contributed by atoms with Crippen LogP contribution in [0.2, 0.25) is 0 Å². The highest BCUT2D eigenvalue weighted by Crippen LogP contribution is 2.23. The molecule has 2 rings (SSSR count). The van der Waals surface area contributed by atoms with Crippen molar-refractivity contribution in [2.75, 3.05) is 33.9 Å².